The Labute approximate surface area is 107 Å². The van der Waals surface area contributed by atoms with Crippen LogP contribution in [0.25, 0.3) is 0 Å². The number of carbonyl (C=O) groups is 1. The molecule has 100 valence electrons. The van der Waals surface area contributed by atoms with E-state index in [4.69, 9.17) is 0 Å². The molecule has 0 heterocycles. The molecule has 0 atom stereocenters. The summed E-state index contributed by atoms with van der Waals surface area (Å²) in [6, 6.07) is 0. The fourth-order valence-corrected chi connectivity index (χ4v) is 2.86. The monoisotopic (exact) mass is 239 g/mol. The van der Waals surface area contributed by atoms with Gasteiger partial charge in [0.25, 0.3) is 0 Å². The average Bonchev–Trinajstić information content (AvgIpc) is 2.37. The second-order valence-corrected chi connectivity index (χ2v) is 5.42. The van der Waals surface area contributed by atoms with Crippen molar-refractivity contribution in [3.63, 3.8) is 0 Å². The van der Waals surface area contributed by atoms with Crippen LogP contribution in [0.3, 0.4) is 0 Å². The van der Waals surface area contributed by atoms with Gasteiger partial charge in [-0.2, -0.15) is 0 Å². The lowest BCUT2D eigenvalue weighted by atomic mass is 9.86. The molecule has 0 radical (unpaired) electrons. The first-order chi connectivity index (χ1) is 8.27. The van der Waals surface area contributed by atoms with Crippen LogP contribution in [0.15, 0.2) is 0 Å². The van der Waals surface area contributed by atoms with Gasteiger partial charge in [-0.25, -0.2) is 0 Å². The van der Waals surface area contributed by atoms with Crippen LogP contribution in [0.1, 0.15) is 71.6 Å². The third kappa shape index (κ3) is 5.56. The van der Waals surface area contributed by atoms with Crippen LogP contribution in [-0.2, 0) is 4.79 Å². The summed E-state index contributed by atoms with van der Waals surface area (Å²) in [7, 11) is 0. The summed E-state index contributed by atoms with van der Waals surface area (Å²) in [5.41, 5.74) is 0. The molecule has 0 bridgehead atoms. The second-order valence-electron chi connectivity index (χ2n) is 5.42. The molecule has 0 aliphatic heterocycles. The van der Waals surface area contributed by atoms with E-state index in [1.807, 2.05) is 0 Å². The molecule has 0 saturated heterocycles. The van der Waals surface area contributed by atoms with Crippen molar-refractivity contribution >= 4 is 5.91 Å². The first-order valence-corrected chi connectivity index (χ1v) is 7.55. The second kappa shape index (κ2) is 8.54. The van der Waals surface area contributed by atoms with Crippen LogP contribution < -0.4 is 0 Å². The molecule has 1 amide bonds. The highest BCUT2D eigenvalue weighted by atomic mass is 16.2. The van der Waals surface area contributed by atoms with Crippen LogP contribution >= 0.6 is 0 Å². The molecule has 2 nitrogen and oxygen atoms in total. The average molecular weight is 239 g/mol. The van der Waals surface area contributed by atoms with E-state index in [9.17, 15) is 4.79 Å². The zero-order chi connectivity index (χ0) is 12.5. The van der Waals surface area contributed by atoms with Crippen molar-refractivity contribution in [2.45, 2.75) is 71.6 Å². The number of hydrogen-bond acceptors (Lipinski definition) is 1. The molecule has 0 aromatic rings. The third-order valence-corrected chi connectivity index (χ3v) is 3.83. The summed E-state index contributed by atoms with van der Waals surface area (Å²) in [5, 5.41) is 0. The molecule has 0 N–H and O–H groups in total. The molecule has 1 fully saturated rings. The fourth-order valence-electron chi connectivity index (χ4n) is 2.86. The molecule has 0 aromatic heterocycles. The number of amides is 1. The summed E-state index contributed by atoms with van der Waals surface area (Å²) in [6.45, 7) is 6.18. The number of nitrogens with zero attached hydrogens (tertiary/aromatic N) is 1. The molecule has 1 aliphatic rings. The van der Waals surface area contributed by atoms with Crippen LogP contribution in [0, 0.1) is 5.92 Å². The van der Waals surface area contributed by atoms with E-state index >= 15 is 0 Å². The molecule has 0 aromatic carbocycles. The zero-order valence-electron chi connectivity index (χ0n) is 11.7. The largest absolute Gasteiger partial charge is 0.343 e. The van der Waals surface area contributed by atoms with Gasteiger partial charge in [0, 0.05) is 19.5 Å². The maximum absolute atomic E-state index is 12.1. The molecule has 1 saturated carbocycles. The minimum absolute atomic E-state index is 0.388. The van der Waals surface area contributed by atoms with Crippen molar-refractivity contribution in [2.75, 3.05) is 13.1 Å². The van der Waals surface area contributed by atoms with Crippen molar-refractivity contribution in [1.82, 2.24) is 4.90 Å². The van der Waals surface area contributed by atoms with Gasteiger partial charge >= 0.3 is 0 Å². The van der Waals surface area contributed by atoms with E-state index in [0.717, 1.165) is 44.7 Å². The van der Waals surface area contributed by atoms with E-state index < -0.39 is 0 Å². The van der Waals surface area contributed by atoms with Gasteiger partial charge in [-0.15, -0.1) is 0 Å². The zero-order valence-corrected chi connectivity index (χ0v) is 11.7. The van der Waals surface area contributed by atoms with E-state index in [0.29, 0.717) is 5.91 Å². The van der Waals surface area contributed by atoms with Gasteiger partial charge < -0.3 is 4.90 Å². The van der Waals surface area contributed by atoms with Crippen LogP contribution in [0.4, 0.5) is 0 Å². The SMILES string of the molecule is CCCN(CCC)C(=O)CCC1CCCCC1. The Kier molecular flexibility index (Phi) is 7.30. The van der Waals surface area contributed by atoms with Gasteiger partial charge in [-0.3, -0.25) is 4.79 Å². The van der Waals surface area contributed by atoms with E-state index in [1.165, 1.54) is 32.1 Å². The van der Waals surface area contributed by atoms with Gasteiger partial charge in [0.1, 0.15) is 0 Å². The van der Waals surface area contributed by atoms with Gasteiger partial charge in [0.2, 0.25) is 5.91 Å². The lowest BCUT2D eigenvalue weighted by Gasteiger charge is -2.24. The first kappa shape index (κ1) is 14.5. The van der Waals surface area contributed by atoms with Gasteiger partial charge in [-0.05, 0) is 25.2 Å². The topological polar surface area (TPSA) is 20.3 Å². The van der Waals surface area contributed by atoms with Crippen LogP contribution in [0.5, 0.6) is 0 Å². The van der Waals surface area contributed by atoms with Gasteiger partial charge in [0.05, 0.1) is 0 Å². The van der Waals surface area contributed by atoms with Gasteiger partial charge in [-0.1, -0.05) is 46.0 Å². The van der Waals surface area contributed by atoms with Crippen LogP contribution in [0.2, 0.25) is 0 Å². The predicted molar refractivity (Wildman–Crippen MR) is 73.0 cm³/mol. The highest BCUT2D eigenvalue weighted by Crippen LogP contribution is 2.27. The Bertz CT molecular complexity index is 203. The predicted octanol–water partition coefficient (Wildman–Crippen LogP) is 4.00. The minimum Gasteiger partial charge on any atom is -0.343 e. The first-order valence-electron chi connectivity index (χ1n) is 7.55. The summed E-state index contributed by atoms with van der Waals surface area (Å²) in [4.78, 5) is 14.2. The molecule has 17 heavy (non-hydrogen) atoms. The number of hydrogen-bond donors (Lipinski definition) is 0. The lowest BCUT2D eigenvalue weighted by Crippen LogP contribution is -2.32. The number of rotatable bonds is 7. The molecule has 2 heteroatoms. The van der Waals surface area contributed by atoms with Crippen molar-refractivity contribution in [3.05, 3.63) is 0 Å². The summed E-state index contributed by atoms with van der Waals surface area (Å²) >= 11 is 0. The Hall–Kier alpha value is -0.530. The van der Waals surface area contributed by atoms with Crippen molar-refractivity contribution < 1.29 is 4.79 Å². The third-order valence-electron chi connectivity index (χ3n) is 3.83. The van der Waals surface area contributed by atoms with E-state index in [-0.39, 0.29) is 0 Å². The highest BCUT2D eigenvalue weighted by molar-refractivity contribution is 5.76. The summed E-state index contributed by atoms with van der Waals surface area (Å²) < 4.78 is 0. The van der Waals surface area contributed by atoms with Gasteiger partial charge in [0.15, 0.2) is 0 Å². The van der Waals surface area contributed by atoms with E-state index in [2.05, 4.69) is 18.7 Å². The number of carbonyl (C=O) groups excluding carboxylic acids is 1. The molecular formula is C15H29NO. The normalized spacial score (nSPS) is 17.1. The molecule has 1 aliphatic carbocycles. The Morgan fingerprint density at radius 1 is 1.06 bits per heavy atom. The van der Waals surface area contributed by atoms with Crippen molar-refractivity contribution in [2.24, 2.45) is 5.92 Å². The molecular weight excluding hydrogens is 210 g/mol. The molecule has 1 rings (SSSR count). The summed E-state index contributed by atoms with van der Waals surface area (Å²) in [6.07, 6.45) is 10.9. The summed E-state index contributed by atoms with van der Waals surface area (Å²) in [5.74, 6) is 1.22. The minimum atomic E-state index is 0.388. The van der Waals surface area contributed by atoms with Crippen molar-refractivity contribution in [3.8, 4) is 0 Å². The highest BCUT2D eigenvalue weighted by Gasteiger charge is 2.17. The molecule has 0 spiro atoms. The molecule has 0 unspecified atom stereocenters. The fraction of sp³-hybridized carbons (Fsp3) is 0.933. The van der Waals surface area contributed by atoms with Crippen molar-refractivity contribution in [1.29, 1.82) is 0 Å². The maximum Gasteiger partial charge on any atom is 0.222 e. The smallest absolute Gasteiger partial charge is 0.222 e. The van der Waals surface area contributed by atoms with E-state index in [1.54, 1.807) is 0 Å². The Balaban J connectivity index is 2.25. The Morgan fingerprint density at radius 3 is 2.18 bits per heavy atom. The quantitative estimate of drug-likeness (QED) is 0.657. The Morgan fingerprint density at radius 2 is 1.65 bits per heavy atom. The van der Waals surface area contributed by atoms with Crippen LogP contribution in [-0.4, -0.2) is 23.9 Å². The lowest BCUT2D eigenvalue weighted by molar-refractivity contribution is -0.131. The standard InChI is InChI=1S/C15H29NO/c1-3-12-16(13-4-2)15(17)11-10-14-8-6-5-7-9-14/h14H,3-13H2,1-2H3. The maximum atomic E-state index is 12.1.